The summed E-state index contributed by atoms with van der Waals surface area (Å²) in [5.41, 5.74) is 1.52. The van der Waals surface area contributed by atoms with Crippen LogP contribution in [0.25, 0.3) is 0 Å². The number of halogens is 1. The van der Waals surface area contributed by atoms with E-state index in [0.717, 1.165) is 11.1 Å². The largest absolute Gasteiger partial charge is 0.382 e. The SMILES string of the molecule is CCS(=O)(=O)Oc1cccc(CN(CC(C)C)C(=O)Cc2ccc(F)cc2)c1. The van der Waals surface area contributed by atoms with Crippen molar-refractivity contribution in [3.63, 3.8) is 0 Å². The van der Waals surface area contributed by atoms with Crippen molar-refractivity contribution < 1.29 is 21.8 Å². The van der Waals surface area contributed by atoms with Gasteiger partial charge >= 0.3 is 10.1 Å². The minimum Gasteiger partial charge on any atom is -0.382 e. The molecule has 0 aromatic heterocycles. The molecule has 0 aliphatic heterocycles. The highest BCUT2D eigenvalue weighted by Crippen LogP contribution is 2.18. The molecule has 2 aromatic carbocycles. The van der Waals surface area contributed by atoms with Crippen LogP contribution >= 0.6 is 0 Å². The molecular formula is C21H26FNO4S. The average molecular weight is 408 g/mol. The molecule has 5 nitrogen and oxygen atoms in total. The maximum atomic E-state index is 13.1. The zero-order valence-electron chi connectivity index (χ0n) is 16.4. The predicted molar refractivity (Wildman–Crippen MR) is 107 cm³/mol. The lowest BCUT2D eigenvalue weighted by molar-refractivity contribution is -0.131. The number of amides is 1. The third-order valence-corrected chi connectivity index (χ3v) is 5.21. The maximum absolute atomic E-state index is 13.1. The third kappa shape index (κ3) is 6.96. The predicted octanol–water partition coefficient (Wildman–Crippen LogP) is 3.78. The summed E-state index contributed by atoms with van der Waals surface area (Å²) in [5, 5.41) is 0. The molecule has 0 aliphatic carbocycles. The summed E-state index contributed by atoms with van der Waals surface area (Å²) >= 11 is 0. The van der Waals surface area contributed by atoms with Gasteiger partial charge in [0.25, 0.3) is 0 Å². The van der Waals surface area contributed by atoms with Gasteiger partial charge in [0.2, 0.25) is 5.91 Å². The first-order valence-corrected chi connectivity index (χ1v) is 10.8. The number of benzene rings is 2. The van der Waals surface area contributed by atoms with Crippen molar-refractivity contribution in [1.82, 2.24) is 4.90 Å². The van der Waals surface area contributed by atoms with E-state index < -0.39 is 10.1 Å². The van der Waals surface area contributed by atoms with Gasteiger partial charge in [-0.2, -0.15) is 8.42 Å². The van der Waals surface area contributed by atoms with Crippen molar-refractivity contribution in [2.45, 2.75) is 33.7 Å². The molecule has 0 heterocycles. The van der Waals surface area contributed by atoms with Gasteiger partial charge in [0, 0.05) is 13.1 Å². The molecule has 0 atom stereocenters. The van der Waals surface area contributed by atoms with E-state index in [4.69, 9.17) is 4.18 Å². The summed E-state index contributed by atoms with van der Waals surface area (Å²) in [7, 11) is -3.61. The fourth-order valence-electron chi connectivity index (χ4n) is 2.71. The molecule has 0 aliphatic rings. The minimum atomic E-state index is -3.61. The second kappa shape index (κ2) is 9.68. The molecule has 0 N–H and O–H groups in total. The zero-order chi connectivity index (χ0) is 20.7. The van der Waals surface area contributed by atoms with Gasteiger partial charge in [-0.15, -0.1) is 0 Å². The van der Waals surface area contributed by atoms with Gasteiger partial charge in [-0.3, -0.25) is 4.79 Å². The van der Waals surface area contributed by atoms with E-state index in [2.05, 4.69) is 0 Å². The first-order valence-electron chi connectivity index (χ1n) is 9.22. The lowest BCUT2D eigenvalue weighted by Crippen LogP contribution is -2.34. The monoisotopic (exact) mass is 407 g/mol. The fourth-order valence-corrected chi connectivity index (χ4v) is 3.22. The fraction of sp³-hybridized carbons (Fsp3) is 0.381. The van der Waals surface area contributed by atoms with Crippen molar-refractivity contribution in [3.8, 4) is 5.75 Å². The topological polar surface area (TPSA) is 63.7 Å². The maximum Gasteiger partial charge on any atom is 0.308 e. The van der Waals surface area contributed by atoms with Crippen molar-refractivity contribution in [2.75, 3.05) is 12.3 Å². The second-order valence-electron chi connectivity index (χ2n) is 7.05. The Morgan fingerprint density at radius 1 is 1.11 bits per heavy atom. The Kier molecular flexibility index (Phi) is 7.57. The number of carbonyl (C=O) groups excluding carboxylic acids is 1. The Morgan fingerprint density at radius 3 is 2.39 bits per heavy atom. The van der Waals surface area contributed by atoms with Crippen molar-refractivity contribution in [2.24, 2.45) is 5.92 Å². The Labute approximate surface area is 166 Å². The van der Waals surface area contributed by atoms with E-state index in [1.165, 1.54) is 19.1 Å². The molecule has 7 heteroatoms. The van der Waals surface area contributed by atoms with Crippen LogP contribution in [0.4, 0.5) is 4.39 Å². The summed E-state index contributed by atoms with van der Waals surface area (Å²) in [4.78, 5) is 14.5. The van der Waals surface area contributed by atoms with Crippen LogP contribution in [-0.2, 0) is 27.9 Å². The van der Waals surface area contributed by atoms with E-state index in [9.17, 15) is 17.6 Å². The van der Waals surface area contributed by atoms with Gasteiger partial charge in [-0.05, 0) is 48.2 Å². The van der Waals surface area contributed by atoms with E-state index in [1.54, 1.807) is 35.2 Å². The van der Waals surface area contributed by atoms with Gasteiger partial charge in [-0.1, -0.05) is 38.1 Å². The van der Waals surface area contributed by atoms with Gasteiger partial charge in [-0.25, -0.2) is 4.39 Å². The average Bonchev–Trinajstić information content (AvgIpc) is 2.62. The second-order valence-corrected chi connectivity index (χ2v) is 8.91. The molecule has 2 rings (SSSR count). The first kappa shape index (κ1) is 21.9. The Hall–Kier alpha value is -2.41. The number of hydrogen-bond acceptors (Lipinski definition) is 4. The zero-order valence-corrected chi connectivity index (χ0v) is 17.2. The Balaban J connectivity index is 2.15. The van der Waals surface area contributed by atoms with Crippen LogP contribution < -0.4 is 4.18 Å². The number of hydrogen-bond donors (Lipinski definition) is 0. The summed E-state index contributed by atoms with van der Waals surface area (Å²) in [5.74, 6) is -0.0406. The summed E-state index contributed by atoms with van der Waals surface area (Å²) in [6.45, 7) is 6.44. The standard InChI is InChI=1S/C21H26FNO4S/c1-4-28(25,26)27-20-7-5-6-18(12-20)15-23(14-16(2)3)21(24)13-17-8-10-19(22)11-9-17/h5-12,16H,4,13-15H2,1-3H3. The molecule has 0 unspecified atom stereocenters. The summed E-state index contributed by atoms with van der Waals surface area (Å²) in [6.07, 6.45) is 0.174. The molecule has 1 amide bonds. The molecular weight excluding hydrogens is 381 g/mol. The minimum absolute atomic E-state index is 0.0761. The lowest BCUT2D eigenvalue weighted by atomic mass is 10.1. The summed E-state index contributed by atoms with van der Waals surface area (Å²) in [6, 6.07) is 12.6. The summed E-state index contributed by atoms with van der Waals surface area (Å²) < 4.78 is 41.5. The lowest BCUT2D eigenvalue weighted by Gasteiger charge is -2.25. The number of nitrogens with zero attached hydrogens (tertiary/aromatic N) is 1. The van der Waals surface area contributed by atoms with Gasteiger partial charge in [0.15, 0.2) is 0 Å². The third-order valence-electron chi connectivity index (χ3n) is 4.06. The number of carbonyl (C=O) groups is 1. The normalized spacial score (nSPS) is 11.5. The Morgan fingerprint density at radius 2 is 1.79 bits per heavy atom. The molecule has 0 spiro atoms. The molecule has 2 aromatic rings. The van der Waals surface area contributed by atoms with Gasteiger partial charge in [0.05, 0.1) is 12.2 Å². The molecule has 0 radical (unpaired) electrons. The molecule has 0 saturated heterocycles. The van der Waals surface area contributed by atoms with Crippen molar-refractivity contribution in [3.05, 3.63) is 65.5 Å². The van der Waals surface area contributed by atoms with Crippen LogP contribution in [-0.4, -0.2) is 31.5 Å². The highest BCUT2D eigenvalue weighted by Gasteiger charge is 2.17. The van der Waals surface area contributed by atoms with Crippen LogP contribution in [0.5, 0.6) is 5.75 Å². The molecule has 0 saturated carbocycles. The van der Waals surface area contributed by atoms with Crippen LogP contribution in [0.2, 0.25) is 0 Å². The van der Waals surface area contributed by atoms with Crippen molar-refractivity contribution >= 4 is 16.0 Å². The van der Waals surface area contributed by atoms with Crippen LogP contribution in [0.3, 0.4) is 0 Å². The Bertz CT molecular complexity index is 895. The van der Waals surface area contributed by atoms with Crippen molar-refractivity contribution in [1.29, 1.82) is 0 Å². The van der Waals surface area contributed by atoms with Gasteiger partial charge < -0.3 is 9.08 Å². The highest BCUT2D eigenvalue weighted by atomic mass is 32.2. The molecule has 0 bridgehead atoms. The first-order chi connectivity index (χ1) is 13.2. The quantitative estimate of drug-likeness (QED) is 0.594. The van der Waals surface area contributed by atoms with Crippen LogP contribution in [0.15, 0.2) is 48.5 Å². The molecule has 28 heavy (non-hydrogen) atoms. The van der Waals surface area contributed by atoms with Gasteiger partial charge in [0.1, 0.15) is 11.6 Å². The number of rotatable bonds is 9. The van der Waals surface area contributed by atoms with E-state index in [-0.39, 0.29) is 35.6 Å². The van der Waals surface area contributed by atoms with Crippen LogP contribution in [0.1, 0.15) is 31.9 Å². The van der Waals surface area contributed by atoms with Crippen LogP contribution in [0, 0.1) is 11.7 Å². The smallest absolute Gasteiger partial charge is 0.308 e. The van der Waals surface area contributed by atoms with E-state index >= 15 is 0 Å². The highest BCUT2D eigenvalue weighted by molar-refractivity contribution is 7.87. The molecule has 152 valence electrons. The van der Waals surface area contributed by atoms with E-state index in [1.807, 2.05) is 19.9 Å². The molecule has 0 fully saturated rings. The van der Waals surface area contributed by atoms with E-state index in [0.29, 0.717) is 13.1 Å².